The highest BCUT2D eigenvalue weighted by atomic mass is 32.1. The lowest BCUT2D eigenvalue weighted by Gasteiger charge is -2.10. The highest BCUT2D eigenvalue weighted by Gasteiger charge is 2.24. The van der Waals surface area contributed by atoms with E-state index in [2.05, 4.69) is 15.4 Å². The molecule has 0 fully saturated rings. The fourth-order valence-electron chi connectivity index (χ4n) is 4.44. The van der Waals surface area contributed by atoms with Gasteiger partial charge in [-0.05, 0) is 43.3 Å². The Kier molecular flexibility index (Phi) is 5.08. The molecule has 6 aromatic rings. The summed E-state index contributed by atoms with van der Waals surface area (Å²) in [5.41, 5.74) is 3.50. The number of aryl methyl sites for hydroxylation is 2. The topological polar surface area (TPSA) is 91.0 Å². The zero-order valence-corrected chi connectivity index (χ0v) is 20.6. The number of amides is 1. The van der Waals surface area contributed by atoms with Crippen molar-refractivity contribution in [2.75, 3.05) is 12.4 Å². The number of thiazole rings is 1. The monoisotopic (exact) mass is 495 g/mol. The number of rotatable bonds is 4. The van der Waals surface area contributed by atoms with Gasteiger partial charge >= 0.3 is 0 Å². The van der Waals surface area contributed by atoms with Gasteiger partial charge in [-0.15, -0.1) is 0 Å². The first-order chi connectivity index (χ1) is 17.4. The van der Waals surface area contributed by atoms with Crippen LogP contribution in [0.25, 0.3) is 37.7 Å². The van der Waals surface area contributed by atoms with Crippen LogP contribution in [-0.4, -0.2) is 32.3 Å². The number of fused-ring (bicyclic) bond motifs is 4. The lowest BCUT2D eigenvalue weighted by atomic mass is 10.1. The molecule has 0 atom stereocenters. The van der Waals surface area contributed by atoms with E-state index >= 15 is 0 Å². The predicted octanol–water partition coefficient (Wildman–Crippen LogP) is 5.06. The molecule has 3 aromatic carbocycles. The SMILES string of the molecule is COc1ccc2nc(NC(=O)c3nn(-c4ccc(C)cc4)c(=O)c4c3c3ccccc3n4C)sc2c1. The van der Waals surface area contributed by atoms with Gasteiger partial charge in [0.2, 0.25) is 0 Å². The zero-order valence-electron chi connectivity index (χ0n) is 19.8. The average Bonchev–Trinajstić information content (AvgIpc) is 3.43. The van der Waals surface area contributed by atoms with Gasteiger partial charge in [0.25, 0.3) is 11.5 Å². The maximum absolute atomic E-state index is 13.7. The van der Waals surface area contributed by atoms with E-state index < -0.39 is 5.91 Å². The lowest BCUT2D eigenvalue weighted by Crippen LogP contribution is -2.27. The number of anilines is 1. The van der Waals surface area contributed by atoms with Crippen molar-refractivity contribution in [3.63, 3.8) is 0 Å². The lowest BCUT2D eigenvalue weighted by molar-refractivity contribution is 0.102. The normalized spacial score (nSPS) is 11.4. The van der Waals surface area contributed by atoms with E-state index in [0.717, 1.165) is 26.7 Å². The summed E-state index contributed by atoms with van der Waals surface area (Å²) in [7, 11) is 3.43. The molecule has 0 aliphatic heterocycles. The minimum Gasteiger partial charge on any atom is -0.497 e. The Bertz CT molecular complexity index is 1870. The second kappa shape index (κ2) is 8.31. The van der Waals surface area contributed by atoms with Crippen LogP contribution >= 0.6 is 11.3 Å². The molecule has 9 heteroatoms. The molecule has 0 unspecified atom stereocenters. The number of para-hydroxylation sites is 1. The Morgan fingerprint density at radius 3 is 2.61 bits per heavy atom. The summed E-state index contributed by atoms with van der Waals surface area (Å²) in [4.78, 5) is 31.9. The molecular weight excluding hydrogens is 474 g/mol. The van der Waals surface area contributed by atoms with E-state index in [1.165, 1.54) is 16.0 Å². The zero-order chi connectivity index (χ0) is 25.0. The number of ether oxygens (including phenoxy) is 1. The number of benzene rings is 3. The molecule has 0 saturated carbocycles. The standard InChI is InChI=1S/C27H21N5O3S/c1-15-8-10-16(11-9-15)32-26(34)24-22(18-6-4-5-7-20(18)31(24)2)23(30-32)25(33)29-27-28-19-13-12-17(35-3)14-21(19)36-27/h4-14H,1-3H3,(H,28,29,33). The van der Waals surface area contributed by atoms with Gasteiger partial charge < -0.3 is 9.30 Å². The Balaban J connectivity index is 1.56. The minimum atomic E-state index is -0.441. The summed E-state index contributed by atoms with van der Waals surface area (Å²) in [6.45, 7) is 1.97. The van der Waals surface area contributed by atoms with Crippen molar-refractivity contribution < 1.29 is 9.53 Å². The molecule has 1 N–H and O–H groups in total. The van der Waals surface area contributed by atoms with Crippen LogP contribution in [0.3, 0.4) is 0 Å². The summed E-state index contributed by atoms with van der Waals surface area (Å²) in [5.74, 6) is 0.275. The molecule has 0 aliphatic rings. The average molecular weight is 496 g/mol. The van der Waals surface area contributed by atoms with Crippen LogP contribution in [0.5, 0.6) is 5.75 Å². The molecule has 3 aromatic heterocycles. The number of carbonyl (C=O) groups excluding carboxylic acids is 1. The largest absolute Gasteiger partial charge is 0.497 e. The summed E-state index contributed by atoms with van der Waals surface area (Å²) in [5, 5.41) is 9.21. The van der Waals surface area contributed by atoms with Crippen molar-refractivity contribution in [2.24, 2.45) is 7.05 Å². The molecule has 0 bridgehead atoms. The van der Waals surface area contributed by atoms with Crippen molar-refractivity contribution in [1.82, 2.24) is 19.3 Å². The molecule has 0 aliphatic carbocycles. The quantitative estimate of drug-likeness (QED) is 0.369. The molecule has 3 heterocycles. The fourth-order valence-corrected chi connectivity index (χ4v) is 5.33. The van der Waals surface area contributed by atoms with Crippen LogP contribution in [0.15, 0.2) is 71.5 Å². The first-order valence-corrected chi connectivity index (χ1v) is 12.1. The predicted molar refractivity (Wildman–Crippen MR) is 143 cm³/mol. The van der Waals surface area contributed by atoms with E-state index in [1.54, 1.807) is 7.11 Å². The third-order valence-electron chi connectivity index (χ3n) is 6.25. The van der Waals surface area contributed by atoms with Crippen LogP contribution in [0, 0.1) is 6.92 Å². The van der Waals surface area contributed by atoms with E-state index in [4.69, 9.17) is 4.74 Å². The van der Waals surface area contributed by atoms with Crippen LogP contribution in [-0.2, 0) is 7.05 Å². The van der Waals surface area contributed by atoms with Gasteiger partial charge in [-0.25, -0.2) is 4.98 Å². The number of nitrogens with zero attached hydrogens (tertiary/aromatic N) is 4. The van der Waals surface area contributed by atoms with Crippen molar-refractivity contribution in [2.45, 2.75) is 6.92 Å². The Morgan fingerprint density at radius 2 is 1.83 bits per heavy atom. The number of aromatic nitrogens is 4. The third-order valence-corrected chi connectivity index (χ3v) is 7.18. The summed E-state index contributed by atoms with van der Waals surface area (Å²) in [6.07, 6.45) is 0. The number of hydrogen-bond donors (Lipinski definition) is 1. The molecule has 178 valence electrons. The Morgan fingerprint density at radius 1 is 1.06 bits per heavy atom. The van der Waals surface area contributed by atoms with Crippen molar-refractivity contribution in [3.05, 3.63) is 88.3 Å². The first-order valence-electron chi connectivity index (χ1n) is 11.3. The fraction of sp³-hybridized carbons (Fsp3) is 0.111. The maximum atomic E-state index is 13.7. The molecule has 0 radical (unpaired) electrons. The van der Waals surface area contributed by atoms with Gasteiger partial charge in [0.1, 0.15) is 11.3 Å². The van der Waals surface area contributed by atoms with Crippen molar-refractivity contribution >= 4 is 54.4 Å². The number of carbonyl (C=O) groups is 1. The minimum absolute atomic E-state index is 0.152. The van der Waals surface area contributed by atoms with Crippen LogP contribution < -0.4 is 15.6 Å². The highest BCUT2D eigenvalue weighted by molar-refractivity contribution is 7.22. The van der Waals surface area contributed by atoms with Gasteiger partial charge in [-0.2, -0.15) is 9.78 Å². The molecule has 0 saturated heterocycles. The summed E-state index contributed by atoms with van der Waals surface area (Å²) in [6, 6.07) is 20.6. The van der Waals surface area contributed by atoms with E-state index in [9.17, 15) is 9.59 Å². The second-order valence-electron chi connectivity index (χ2n) is 8.51. The van der Waals surface area contributed by atoms with E-state index in [1.807, 2.05) is 85.3 Å². The molecule has 6 rings (SSSR count). The molecule has 8 nitrogen and oxygen atoms in total. The van der Waals surface area contributed by atoms with Crippen LogP contribution in [0.4, 0.5) is 5.13 Å². The van der Waals surface area contributed by atoms with E-state index in [-0.39, 0.29) is 11.3 Å². The molecular formula is C27H21N5O3S. The maximum Gasteiger partial charge on any atom is 0.296 e. The number of methoxy groups -OCH3 is 1. The van der Waals surface area contributed by atoms with Gasteiger partial charge in [-0.3, -0.25) is 14.9 Å². The van der Waals surface area contributed by atoms with Gasteiger partial charge in [-0.1, -0.05) is 47.2 Å². The van der Waals surface area contributed by atoms with Gasteiger partial charge in [0.05, 0.1) is 23.0 Å². The van der Waals surface area contributed by atoms with Gasteiger partial charge in [0, 0.05) is 23.3 Å². The highest BCUT2D eigenvalue weighted by Crippen LogP contribution is 2.31. The number of hydrogen-bond acceptors (Lipinski definition) is 6. The van der Waals surface area contributed by atoms with Gasteiger partial charge in [0.15, 0.2) is 10.8 Å². The second-order valence-corrected chi connectivity index (χ2v) is 9.54. The third kappa shape index (κ3) is 3.44. The Labute approximate surface area is 209 Å². The Hall–Kier alpha value is -4.50. The summed E-state index contributed by atoms with van der Waals surface area (Å²) < 4.78 is 9.29. The molecule has 1 amide bonds. The molecule has 36 heavy (non-hydrogen) atoms. The first kappa shape index (κ1) is 22.0. The van der Waals surface area contributed by atoms with Crippen LogP contribution in [0.1, 0.15) is 16.1 Å². The van der Waals surface area contributed by atoms with Crippen molar-refractivity contribution in [3.8, 4) is 11.4 Å². The summed E-state index contributed by atoms with van der Waals surface area (Å²) >= 11 is 1.34. The smallest absolute Gasteiger partial charge is 0.296 e. The van der Waals surface area contributed by atoms with E-state index in [0.29, 0.717) is 27.5 Å². The van der Waals surface area contributed by atoms with Crippen molar-refractivity contribution in [1.29, 1.82) is 0 Å². The molecule has 0 spiro atoms. The number of nitrogens with one attached hydrogen (secondary N) is 1. The van der Waals surface area contributed by atoms with Crippen LogP contribution in [0.2, 0.25) is 0 Å².